The van der Waals surface area contributed by atoms with Crippen molar-refractivity contribution in [2.75, 3.05) is 45.9 Å². The molecule has 1 atom stereocenters. The summed E-state index contributed by atoms with van der Waals surface area (Å²) in [6.07, 6.45) is 6.53. The molecule has 1 unspecified atom stereocenters. The van der Waals surface area contributed by atoms with Crippen molar-refractivity contribution >= 4 is 5.78 Å². The smallest absolute Gasteiger partial charge is 0.174 e. The van der Waals surface area contributed by atoms with Crippen molar-refractivity contribution in [2.24, 2.45) is 5.92 Å². The number of carbonyl (C=O) groups is 1. The highest BCUT2D eigenvalue weighted by atomic mass is 16.5. The van der Waals surface area contributed by atoms with Crippen molar-refractivity contribution in [3.05, 3.63) is 78.2 Å². The summed E-state index contributed by atoms with van der Waals surface area (Å²) in [6, 6.07) is 15.8. The number of ketones is 1. The average Bonchev–Trinajstić information content (AvgIpc) is 2.86. The van der Waals surface area contributed by atoms with E-state index in [2.05, 4.69) is 31.9 Å². The van der Waals surface area contributed by atoms with Crippen LogP contribution in [0, 0.1) is 5.92 Å². The second kappa shape index (κ2) is 9.59. The molecule has 1 saturated heterocycles. The average molecular weight is 429 g/mol. The molecule has 4 heterocycles. The van der Waals surface area contributed by atoms with Gasteiger partial charge in [-0.05, 0) is 54.4 Å². The van der Waals surface area contributed by atoms with E-state index in [9.17, 15) is 4.79 Å². The van der Waals surface area contributed by atoms with Crippen molar-refractivity contribution < 1.29 is 9.53 Å². The molecule has 2 aliphatic heterocycles. The van der Waals surface area contributed by atoms with E-state index in [4.69, 9.17) is 4.74 Å². The molecular weight excluding hydrogens is 400 g/mol. The van der Waals surface area contributed by atoms with E-state index < -0.39 is 0 Å². The van der Waals surface area contributed by atoms with Gasteiger partial charge >= 0.3 is 0 Å². The Morgan fingerprint density at radius 3 is 2.53 bits per heavy atom. The molecule has 3 aromatic rings. The van der Waals surface area contributed by atoms with E-state index in [0.29, 0.717) is 17.9 Å². The van der Waals surface area contributed by atoms with E-state index in [0.717, 1.165) is 56.9 Å². The Morgan fingerprint density at radius 1 is 0.938 bits per heavy atom. The second-order valence-electron chi connectivity index (χ2n) is 8.55. The topological polar surface area (TPSA) is 58.6 Å². The first-order valence-corrected chi connectivity index (χ1v) is 11.3. The lowest BCUT2D eigenvalue weighted by Gasteiger charge is -2.37. The Bertz CT molecular complexity index is 1050. The van der Waals surface area contributed by atoms with E-state index in [1.807, 2.05) is 48.8 Å². The maximum atomic E-state index is 13.3. The predicted molar refractivity (Wildman–Crippen MR) is 124 cm³/mol. The standard InChI is InChI=1S/C26H28N4O2/c31-26-22(18-30-15-13-29(14-16-30)12-8-20-6-10-27-11-7-20)19-32-25-5-4-21(17-23(25)26)24-3-1-2-9-28-24/h1-7,9-11,17,22H,8,12-16,18-19H2. The summed E-state index contributed by atoms with van der Waals surface area (Å²) in [5, 5.41) is 0. The molecule has 0 bridgehead atoms. The van der Waals surface area contributed by atoms with Crippen LogP contribution in [0.1, 0.15) is 15.9 Å². The van der Waals surface area contributed by atoms with Crippen LogP contribution in [0.25, 0.3) is 11.3 Å². The first kappa shape index (κ1) is 20.8. The van der Waals surface area contributed by atoms with Crippen LogP contribution in [0.5, 0.6) is 5.75 Å². The summed E-state index contributed by atoms with van der Waals surface area (Å²) in [5.74, 6) is 0.751. The van der Waals surface area contributed by atoms with Crippen molar-refractivity contribution in [1.29, 1.82) is 0 Å². The lowest BCUT2D eigenvalue weighted by Crippen LogP contribution is -2.49. The van der Waals surface area contributed by atoms with Gasteiger partial charge in [0.05, 0.1) is 23.8 Å². The van der Waals surface area contributed by atoms with Gasteiger partial charge in [-0.1, -0.05) is 6.07 Å². The van der Waals surface area contributed by atoms with E-state index in [1.165, 1.54) is 5.56 Å². The van der Waals surface area contributed by atoms with Gasteiger partial charge < -0.3 is 9.64 Å². The summed E-state index contributed by atoms with van der Waals surface area (Å²) in [4.78, 5) is 26.7. The van der Waals surface area contributed by atoms with Gasteiger partial charge in [0.25, 0.3) is 0 Å². The SMILES string of the molecule is O=C1c2cc(-c3ccccn3)ccc2OCC1CN1CCN(CCc2ccncc2)CC1. The molecule has 0 saturated carbocycles. The van der Waals surface area contributed by atoms with Crippen LogP contribution < -0.4 is 4.74 Å². The van der Waals surface area contributed by atoms with Crippen molar-refractivity contribution in [2.45, 2.75) is 6.42 Å². The summed E-state index contributed by atoms with van der Waals surface area (Å²) >= 11 is 0. The molecule has 164 valence electrons. The normalized spacial score (nSPS) is 19.4. The number of benzene rings is 1. The molecule has 0 radical (unpaired) electrons. The number of piperazine rings is 1. The Hall–Kier alpha value is -3.09. The highest BCUT2D eigenvalue weighted by Crippen LogP contribution is 2.31. The zero-order valence-electron chi connectivity index (χ0n) is 18.2. The van der Waals surface area contributed by atoms with Gasteiger partial charge in [0, 0.05) is 63.4 Å². The molecule has 0 spiro atoms. The molecule has 32 heavy (non-hydrogen) atoms. The number of ether oxygens (including phenoxy) is 1. The molecular formula is C26H28N4O2. The minimum Gasteiger partial charge on any atom is -0.492 e. The lowest BCUT2D eigenvalue weighted by molar-refractivity contribution is 0.0691. The number of aromatic nitrogens is 2. The van der Waals surface area contributed by atoms with E-state index in [-0.39, 0.29) is 11.7 Å². The third-order valence-electron chi connectivity index (χ3n) is 6.43. The molecule has 0 aliphatic carbocycles. The summed E-state index contributed by atoms with van der Waals surface area (Å²) in [5.41, 5.74) is 3.83. The van der Waals surface area contributed by atoms with Crippen LogP contribution in [0.15, 0.2) is 67.1 Å². The highest BCUT2D eigenvalue weighted by Gasteiger charge is 2.31. The van der Waals surface area contributed by atoms with Gasteiger partial charge in [-0.2, -0.15) is 0 Å². The number of hydrogen-bond donors (Lipinski definition) is 0. The highest BCUT2D eigenvalue weighted by molar-refractivity contribution is 6.02. The molecule has 6 nitrogen and oxygen atoms in total. The first-order valence-electron chi connectivity index (χ1n) is 11.3. The maximum Gasteiger partial charge on any atom is 0.174 e. The number of carbonyl (C=O) groups excluding carboxylic acids is 1. The van der Waals surface area contributed by atoms with Crippen LogP contribution in [-0.2, 0) is 6.42 Å². The van der Waals surface area contributed by atoms with Gasteiger partial charge in [-0.3, -0.25) is 19.7 Å². The van der Waals surface area contributed by atoms with Crippen molar-refractivity contribution in [3.63, 3.8) is 0 Å². The van der Waals surface area contributed by atoms with Gasteiger partial charge in [0.1, 0.15) is 5.75 Å². The number of pyridine rings is 2. The molecule has 5 rings (SSSR count). The molecule has 2 aliphatic rings. The van der Waals surface area contributed by atoms with Gasteiger partial charge in [-0.15, -0.1) is 0 Å². The molecule has 0 amide bonds. The van der Waals surface area contributed by atoms with Gasteiger partial charge in [0.15, 0.2) is 5.78 Å². The third-order valence-corrected chi connectivity index (χ3v) is 6.43. The summed E-state index contributed by atoms with van der Waals surface area (Å²) in [7, 11) is 0. The number of Topliss-reactive ketones (excluding diaryl/α,β-unsaturated/α-hetero) is 1. The van der Waals surface area contributed by atoms with E-state index in [1.54, 1.807) is 6.20 Å². The molecule has 0 N–H and O–H groups in total. The Labute approximate surface area is 188 Å². The Morgan fingerprint density at radius 2 is 1.75 bits per heavy atom. The number of rotatable bonds is 6. The van der Waals surface area contributed by atoms with Crippen molar-refractivity contribution in [3.8, 4) is 17.0 Å². The molecule has 1 aromatic carbocycles. The van der Waals surface area contributed by atoms with Gasteiger partial charge in [0.2, 0.25) is 0 Å². The van der Waals surface area contributed by atoms with Gasteiger partial charge in [-0.25, -0.2) is 0 Å². The number of fused-ring (bicyclic) bond motifs is 1. The van der Waals surface area contributed by atoms with Crippen molar-refractivity contribution in [1.82, 2.24) is 19.8 Å². The largest absolute Gasteiger partial charge is 0.492 e. The van der Waals surface area contributed by atoms with Crippen LogP contribution in [-0.4, -0.2) is 71.4 Å². The molecule has 2 aromatic heterocycles. The minimum atomic E-state index is -0.121. The fourth-order valence-electron chi connectivity index (χ4n) is 4.51. The number of hydrogen-bond acceptors (Lipinski definition) is 6. The first-order chi connectivity index (χ1) is 15.8. The Kier molecular flexibility index (Phi) is 6.23. The molecule has 1 fully saturated rings. The molecule has 6 heteroatoms. The maximum absolute atomic E-state index is 13.3. The lowest BCUT2D eigenvalue weighted by atomic mass is 9.92. The predicted octanol–water partition coefficient (Wildman–Crippen LogP) is 3.20. The fourth-order valence-corrected chi connectivity index (χ4v) is 4.51. The quantitative estimate of drug-likeness (QED) is 0.601. The second-order valence-corrected chi connectivity index (χ2v) is 8.55. The zero-order valence-corrected chi connectivity index (χ0v) is 18.2. The van der Waals surface area contributed by atoms with Crippen LogP contribution in [0.3, 0.4) is 0 Å². The van der Waals surface area contributed by atoms with Crippen LogP contribution in [0.2, 0.25) is 0 Å². The third kappa shape index (κ3) is 4.71. The van der Waals surface area contributed by atoms with Crippen LogP contribution in [0.4, 0.5) is 0 Å². The summed E-state index contributed by atoms with van der Waals surface area (Å²) < 4.78 is 5.96. The zero-order chi connectivity index (χ0) is 21.8. The number of nitrogens with zero attached hydrogens (tertiary/aromatic N) is 4. The monoisotopic (exact) mass is 428 g/mol. The minimum absolute atomic E-state index is 0.121. The summed E-state index contributed by atoms with van der Waals surface area (Å²) in [6.45, 7) is 6.32. The fraction of sp³-hybridized carbons (Fsp3) is 0.346. The van der Waals surface area contributed by atoms with Crippen LogP contribution >= 0.6 is 0 Å². The Balaban J connectivity index is 1.17. The van der Waals surface area contributed by atoms with E-state index >= 15 is 0 Å².